The van der Waals surface area contributed by atoms with E-state index in [9.17, 15) is 4.79 Å². The molecule has 1 saturated heterocycles. The molecule has 1 aliphatic rings. The maximum Gasteiger partial charge on any atom is 0.413 e. The number of rotatable bonds is 3. The van der Waals surface area contributed by atoms with Gasteiger partial charge in [0.1, 0.15) is 0 Å². The van der Waals surface area contributed by atoms with E-state index in [-0.39, 0.29) is 44.9 Å². The van der Waals surface area contributed by atoms with Gasteiger partial charge < -0.3 is 14.4 Å². The van der Waals surface area contributed by atoms with E-state index in [0.29, 0.717) is 25.4 Å². The van der Waals surface area contributed by atoms with Crippen molar-refractivity contribution in [3.63, 3.8) is 0 Å². The van der Waals surface area contributed by atoms with Crippen LogP contribution in [0, 0.1) is 6.07 Å². The molecule has 0 aliphatic carbocycles. The molecule has 17 heavy (non-hydrogen) atoms. The van der Waals surface area contributed by atoms with Crippen LogP contribution in [-0.2, 0) is 37.4 Å². The molecule has 1 heterocycles. The summed E-state index contributed by atoms with van der Waals surface area (Å²) >= 11 is 0. The molecule has 0 spiro atoms. The number of ether oxygens (including phenoxy) is 2. The molecule has 1 aromatic rings. The van der Waals surface area contributed by atoms with E-state index >= 15 is 0 Å². The summed E-state index contributed by atoms with van der Waals surface area (Å²) in [5.41, 5.74) is 0. The van der Waals surface area contributed by atoms with Crippen LogP contribution in [0.5, 0.6) is 5.75 Å². The van der Waals surface area contributed by atoms with Crippen molar-refractivity contribution in [3.8, 4) is 5.75 Å². The summed E-state index contributed by atoms with van der Waals surface area (Å²) in [6.45, 7) is 3.86. The number of likely N-dealkylation sites (tertiary alicyclic amines) is 1. The van der Waals surface area contributed by atoms with Crippen molar-refractivity contribution in [3.05, 3.63) is 30.3 Å². The second-order valence-corrected chi connectivity index (χ2v) is 3.59. The van der Waals surface area contributed by atoms with Crippen molar-refractivity contribution in [1.82, 2.24) is 4.90 Å². The molecule has 0 atom stereocenters. The van der Waals surface area contributed by atoms with Gasteiger partial charge in [0.25, 0.3) is 0 Å². The normalized spacial score (nSPS) is 14.8. The maximum absolute atomic E-state index is 11.6. The Hall–Kier alpha value is -0.446. The van der Waals surface area contributed by atoms with Crippen LogP contribution in [0.2, 0.25) is 0 Å². The Bertz CT molecular complexity index is 352. The fourth-order valence-corrected chi connectivity index (χ4v) is 1.53. The van der Waals surface area contributed by atoms with Gasteiger partial charge in [-0.2, -0.15) is 18.2 Å². The molecule has 0 unspecified atom stereocenters. The molecule has 1 aromatic carbocycles. The van der Waals surface area contributed by atoms with Crippen LogP contribution in [0.15, 0.2) is 24.3 Å². The van der Waals surface area contributed by atoms with Gasteiger partial charge in [0, 0.05) is 45.1 Å². The number of carbonyl (C=O) groups is 1. The molecule has 1 radical (unpaired) electrons. The third-order valence-corrected chi connectivity index (χ3v) is 2.40. The Balaban J connectivity index is 0.00000144. The van der Waals surface area contributed by atoms with E-state index in [2.05, 4.69) is 6.07 Å². The summed E-state index contributed by atoms with van der Waals surface area (Å²) in [5, 5.41) is 0. The Labute approximate surface area is 126 Å². The molecular weight excluding hydrogens is 295 g/mol. The zero-order valence-corrected chi connectivity index (χ0v) is 12.6. The fraction of sp³-hybridized carbons (Fsp3) is 0.417. The summed E-state index contributed by atoms with van der Waals surface area (Å²) in [7, 11) is 0. The molecule has 5 heteroatoms. The molecule has 89 valence electrons. The van der Waals surface area contributed by atoms with E-state index in [1.807, 2.05) is 6.92 Å². The largest absolute Gasteiger partial charge is 0.437 e. The van der Waals surface area contributed by atoms with Crippen LogP contribution < -0.4 is 4.74 Å². The average molecular weight is 309 g/mol. The first-order valence-electron chi connectivity index (χ1n) is 5.34. The summed E-state index contributed by atoms with van der Waals surface area (Å²) in [5.74, 6) is 0.545. The quantitative estimate of drug-likeness (QED) is 0.798. The van der Waals surface area contributed by atoms with Gasteiger partial charge >= 0.3 is 6.09 Å². The van der Waals surface area contributed by atoms with Crippen molar-refractivity contribution >= 4 is 6.09 Å². The van der Waals surface area contributed by atoms with Gasteiger partial charge in [0.05, 0.1) is 19.2 Å². The van der Waals surface area contributed by atoms with Gasteiger partial charge in [-0.1, -0.05) is 0 Å². The number of hydrogen-bond acceptors (Lipinski definition) is 3. The number of nitrogens with zero attached hydrogens (tertiary/aromatic N) is 1. The third kappa shape index (κ3) is 4.05. The van der Waals surface area contributed by atoms with Crippen LogP contribution in [0.4, 0.5) is 4.79 Å². The monoisotopic (exact) mass is 309 g/mol. The van der Waals surface area contributed by atoms with Crippen LogP contribution in [-0.4, -0.2) is 36.8 Å². The van der Waals surface area contributed by atoms with Crippen molar-refractivity contribution in [2.45, 2.75) is 13.0 Å². The standard InChI is InChI=1S/C12H14NO3.Y/c1-2-15-11-8-13(9-11)12(14)16-10-6-4-3-5-7-10;/h4-7,11H,2,8-9H2,1H3;/q-1;. The smallest absolute Gasteiger partial charge is 0.413 e. The van der Waals surface area contributed by atoms with Crippen molar-refractivity contribution in [2.75, 3.05) is 19.7 Å². The molecule has 1 aliphatic heterocycles. The molecule has 0 aromatic heterocycles. The van der Waals surface area contributed by atoms with Crippen LogP contribution in [0.3, 0.4) is 0 Å². The zero-order chi connectivity index (χ0) is 11.4. The predicted octanol–water partition coefficient (Wildman–Crippen LogP) is 1.70. The Morgan fingerprint density at radius 2 is 2.12 bits per heavy atom. The van der Waals surface area contributed by atoms with E-state index < -0.39 is 0 Å². The summed E-state index contributed by atoms with van der Waals surface area (Å²) in [6.07, 6.45) is -0.149. The molecule has 1 amide bonds. The van der Waals surface area contributed by atoms with Gasteiger partial charge in [-0.15, -0.1) is 12.1 Å². The number of hydrogen-bond donors (Lipinski definition) is 0. The van der Waals surface area contributed by atoms with E-state index in [4.69, 9.17) is 9.47 Å². The first kappa shape index (κ1) is 14.6. The van der Waals surface area contributed by atoms with Gasteiger partial charge in [-0.05, 0) is 6.92 Å². The summed E-state index contributed by atoms with van der Waals surface area (Å²) in [4.78, 5) is 13.2. The fourth-order valence-electron chi connectivity index (χ4n) is 1.53. The number of carbonyl (C=O) groups excluding carboxylic acids is 1. The average Bonchev–Trinajstić information content (AvgIpc) is 2.24. The topological polar surface area (TPSA) is 38.8 Å². The maximum atomic E-state index is 11.6. The van der Waals surface area contributed by atoms with Crippen LogP contribution in [0.25, 0.3) is 0 Å². The van der Waals surface area contributed by atoms with Gasteiger partial charge in [0.15, 0.2) is 0 Å². The first-order chi connectivity index (χ1) is 7.79. The summed E-state index contributed by atoms with van der Waals surface area (Å²) in [6, 6.07) is 9.69. The second-order valence-electron chi connectivity index (χ2n) is 3.59. The van der Waals surface area contributed by atoms with Crippen LogP contribution in [0.1, 0.15) is 6.92 Å². The Morgan fingerprint density at radius 1 is 1.47 bits per heavy atom. The van der Waals surface area contributed by atoms with Crippen molar-refractivity contribution < 1.29 is 47.0 Å². The van der Waals surface area contributed by atoms with Crippen molar-refractivity contribution in [1.29, 1.82) is 0 Å². The molecule has 0 saturated carbocycles. The molecular formula is C12H14NO3Y-. The first-order valence-corrected chi connectivity index (χ1v) is 5.34. The minimum atomic E-state index is -0.317. The molecule has 2 rings (SSSR count). The predicted molar refractivity (Wildman–Crippen MR) is 58.3 cm³/mol. The van der Waals surface area contributed by atoms with E-state index in [1.165, 1.54) is 0 Å². The Morgan fingerprint density at radius 3 is 2.71 bits per heavy atom. The van der Waals surface area contributed by atoms with E-state index in [0.717, 1.165) is 0 Å². The SMILES string of the molecule is CCOC1CN(C(=O)Oc2cc[c-]cc2)C1.[Y]. The van der Waals surface area contributed by atoms with Gasteiger partial charge in [-0.25, -0.2) is 4.79 Å². The van der Waals surface area contributed by atoms with Crippen LogP contribution >= 0.6 is 0 Å². The molecule has 4 nitrogen and oxygen atoms in total. The number of benzene rings is 1. The second kappa shape index (κ2) is 7.09. The van der Waals surface area contributed by atoms with Gasteiger partial charge in [0.2, 0.25) is 0 Å². The third-order valence-electron chi connectivity index (χ3n) is 2.40. The number of amides is 1. The molecule has 0 bridgehead atoms. The molecule has 1 fully saturated rings. The summed E-state index contributed by atoms with van der Waals surface area (Å²) < 4.78 is 10.5. The van der Waals surface area contributed by atoms with Crippen molar-refractivity contribution in [2.24, 2.45) is 0 Å². The van der Waals surface area contributed by atoms with Gasteiger partial charge in [-0.3, -0.25) is 0 Å². The molecule has 0 N–H and O–H groups in total. The minimum Gasteiger partial charge on any atom is -0.437 e. The Kier molecular flexibility index (Phi) is 6.10. The van der Waals surface area contributed by atoms with E-state index in [1.54, 1.807) is 29.2 Å². The zero-order valence-electron chi connectivity index (χ0n) is 9.76. The minimum absolute atomic E-state index is 0.